The van der Waals surface area contributed by atoms with E-state index in [0.717, 1.165) is 35.2 Å². The van der Waals surface area contributed by atoms with Gasteiger partial charge in [0.05, 0.1) is 14.2 Å². The van der Waals surface area contributed by atoms with Gasteiger partial charge in [0.2, 0.25) is 0 Å². The molecular weight excluding hydrogens is 376 g/mol. The van der Waals surface area contributed by atoms with E-state index in [1.165, 1.54) is 24.0 Å². The van der Waals surface area contributed by atoms with Crippen LogP contribution in [0.3, 0.4) is 0 Å². The molecule has 0 saturated heterocycles. The second-order valence-electron chi connectivity index (χ2n) is 11.7. The summed E-state index contributed by atoms with van der Waals surface area (Å²) in [5.41, 5.74) is 3.59. The molecule has 6 aliphatic rings. The Bertz CT molecular complexity index is 870. The van der Waals surface area contributed by atoms with Gasteiger partial charge in [0.25, 0.3) is 0 Å². The fraction of sp³-hybridized carbons (Fsp3) is 0.769. The Hall–Kier alpha value is -1.26. The van der Waals surface area contributed by atoms with Gasteiger partial charge in [-0.1, -0.05) is 13.8 Å². The first kappa shape index (κ1) is 18.3. The number of fused-ring (bicyclic) bond motifs is 18. The van der Waals surface area contributed by atoms with E-state index in [2.05, 4.69) is 26.0 Å². The third kappa shape index (κ3) is 1.50. The van der Waals surface area contributed by atoms with Crippen LogP contribution in [0.2, 0.25) is 0 Å². The Kier molecular flexibility index (Phi) is 3.28. The molecule has 1 aromatic rings. The number of hydrogen-bond acceptors (Lipinski definition) is 4. The van der Waals surface area contributed by atoms with Crippen LogP contribution in [-0.2, 0) is 0 Å². The van der Waals surface area contributed by atoms with Gasteiger partial charge in [-0.3, -0.25) is 0 Å². The average molecular weight is 411 g/mol. The zero-order valence-corrected chi connectivity index (χ0v) is 18.5. The first-order valence-corrected chi connectivity index (χ1v) is 11.9. The molecule has 5 saturated carbocycles. The molecule has 162 valence electrons. The van der Waals surface area contributed by atoms with Crippen molar-refractivity contribution in [3.63, 3.8) is 0 Å². The number of ether oxygens (including phenoxy) is 2. The summed E-state index contributed by atoms with van der Waals surface area (Å²) in [4.78, 5) is 0. The van der Waals surface area contributed by atoms with Crippen molar-refractivity contribution >= 4 is 0 Å². The van der Waals surface area contributed by atoms with E-state index in [1.807, 2.05) is 0 Å². The Morgan fingerprint density at radius 1 is 0.767 bits per heavy atom. The maximum Gasteiger partial charge on any atom is 0.122 e. The van der Waals surface area contributed by atoms with Crippen molar-refractivity contribution in [3.05, 3.63) is 23.3 Å². The quantitative estimate of drug-likeness (QED) is 0.744. The summed E-state index contributed by atoms with van der Waals surface area (Å²) < 4.78 is 11.7. The van der Waals surface area contributed by atoms with E-state index < -0.39 is 0 Å². The number of methoxy groups -OCH3 is 2. The van der Waals surface area contributed by atoms with E-state index in [1.54, 1.807) is 14.2 Å². The molecule has 6 aliphatic carbocycles. The summed E-state index contributed by atoms with van der Waals surface area (Å²) in [5, 5.41) is 20.3. The van der Waals surface area contributed by atoms with Crippen LogP contribution < -0.4 is 9.47 Å². The van der Waals surface area contributed by atoms with E-state index in [9.17, 15) is 10.2 Å². The smallest absolute Gasteiger partial charge is 0.122 e. The lowest BCUT2D eigenvalue weighted by atomic mass is 9.19. The molecule has 0 aliphatic heterocycles. The van der Waals surface area contributed by atoms with Gasteiger partial charge in [0, 0.05) is 24.3 Å². The largest absolute Gasteiger partial charge is 0.496 e. The van der Waals surface area contributed by atoms with Crippen LogP contribution in [0.5, 0.6) is 11.5 Å². The maximum absolute atomic E-state index is 10.1. The van der Waals surface area contributed by atoms with Crippen molar-refractivity contribution in [1.29, 1.82) is 0 Å². The molecule has 4 heteroatoms. The van der Waals surface area contributed by atoms with E-state index >= 15 is 0 Å². The lowest BCUT2D eigenvalue weighted by molar-refractivity contribution is -0.371. The van der Waals surface area contributed by atoms with Crippen LogP contribution in [0.25, 0.3) is 0 Å². The zero-order chi connectivity index (χ0) is 20.7. The normalized spacial score (nSPS) is 55.3. The Morgan fingerprint density at radius 2 is 1.20 bits per heavy atom. The minimum Gasteiger partial charge on any atom is -0.496 e. The summed E-state index contributed by atoms with van der Waals surface area (Å²) in [7, 11) is 3.60. The van der Waals surface area contributed by atoms with Crippen LogP contribution in [0.15, 0.2) is 12.1 Å². The molecule has 0 aromatic heterocycles. The predicted molar refractivity (Wildman–Crippen MR) is 113 cm³/mol. The Balaban J connectivity index is 1.35. The predicted octanol–water partition coefficient (Wildman–Crippen LogP) is 3.66. The van der Waals surface area contributed by atoms with Crippen molar-refractivity contribution < 1.29 is 19.7 Å². The summed E-state index contributed by atoms with van der Waals surface area (Å²) in [5.74, 6) is 8.00. The molecule has 0 heterocycles. The highest BCUT2D eigenvalue weighted by atomic mass is 16.5. The van der Waals surface area contributed by atoms with Crippen LogP contribution >= 0.6 is 0 Å². The van der Waals surface area contributed by atoms with Crippen LogP contribution in [0.1, 0.15) is 49.7 Å². The van der Waals surface area contributed by atoms with Gasteiger partial charge in [0.1, 0.15) is 11.5 Å². The van der Waals surface area contributed by atoms with Crippen molar-refractivity contribution in [3.8, 4) is 11.5 Å². The van der Waals surface area contributed by atoms with Gasteiger partial charge in [-0.15, -0.1) is 0 Å². The third-order valence-electron chi connectivity index (χ3n) is 12.0. The number of hydrogen-bond donors (Lipinski definition) is 2. The van der Waals surface area contributed by atoms with Gasteiger partial charge < -0.3 is 19.7 Å². The van der Waals surface area contributed by atoms with Gasteiger partial charge in [-0.2, -0.15) is 0 Å². The zero-order valence-electron chi connectivity index (χ0n) is 18.5. The molecule has 0 amide bonds. The second-order valence-corrected chi connectivity index (χ2v) is 11.7. The molecule has 7 rings (SSSR count). The topological polar surface area (TPSA) is 58.9 Å². The molecule has 30 heavy (non-hydrogen) atoms. The number of aliphatic hydroxyl groups excluding tert-OH is 2. The molecular formula is C26H34O4. The monoisotopic (exact) mass is 410 g/mol. The van der Waals surface area contributed by atoms with Crippen molar-refractivity contribution in [2.45, 2.75) is 38.5 Å². The minimum atomic E-state index is 0.246. The number of aliphatic hydroxyl groups is 2. The molecule has 4 bridgehead atoms. The molecule has 1 aromatic carbocycles. The molecule has 4 unspecified atom stereocenters. The second kappa shape index (κ2) is 5.38. The fourth-order valence-corrected chi connectivity index (χ4v) is 11.5. The molecule has 0 radical (unpaired) electrons. The third-order valence-corrected chi connectivity index (χ3v) is 12.0. The lowest BCUT2D eigenvalue weighted by Crippen LogP contribution is -2.81. The highest BCUT2D eigenvalue weighted by Gasteiger charge is 2.90. The van der Waals surface area contributed by atoms with Crippen LogP contribution in [-0.4, -0.2) is 37.6 Å². The molecule has 5 fully saturated rings. The van der Waals surface area contributed by atoms with Gasteiger partial charge in [0.15, 0.2) is 0 Å². The molecule has 12 atom stereocenters. The van der Waals surface area contributed by atoms with Crippen molar-refractivity contribution in [1.82, 2.24) is 0 Å². The van der Waals surface area contributed by atoms with E-state index in [-0.39, 0.29) is 13.2 Å². The van der Waals surface area contributed by atoms with Gasteiger partial charge in [-0.25, -0.2) is 0 Å². The average Bonchev–Trinajstić information content (AvgIpc) is 3.51. The lowest BCUT2D eigenvalue weighted by Gasteiger charge is -2.84. The highest BCUT2D eigenvalue weighted by Crippen LogP contribution is 2.95. The standard InChI is InChI=1S/C26H34O4/c1-25-21-11-7-12(16(10-28)15(11)9-27)22(21)26(25,2)24-14-8-13(23(24)25)19-17(29-3)5-6-18(30-4)20(14)19/h5-6,11-16,21-24,27-28H,7-10H2,1-4H3/t11-,12+,13+,14-,15+,16-,21?,22?,23?,24?,25-,26+. The van der Waals surface area contributed by atoms with E-state index in [0.29, 0.717) is 46.3 Å². The summed E-state index contributed by atoms with van der Waals surface area (Å²) in [6, 6.07) is 4.20. The SMILES string of the molecule is COc1ccc(OC)c2c1[C@H]1C[C@@H]2C2C1[C@]1(C)C3C([C@@H]4C[C@H]3[C@@H](CO)[C@H]4CO)[C@]21C. The van der Waals surface area contributed by atoms with Crippen molar-refractivity contribution in [2.75, 3.05) is 27.4 Å². The molecule has 0 spiro atoms. The van der Waals surface area contributed by atoms with Gasteiger partial charge in [-0.05, 0) is 95.0 Å². The summed E-state index contributed by atoms with van der Waals surface area (Å²) >= 11 is 0. The first-order chi connectivity index (χ1) is 14.5. The number of rotatable bonds is 4. The van der Waals surface area contributed by atoms with Crippen LogP contribution in [0, 0.1) is 58.2 Å². The van der Waals surface area contributed by atoms with Crippen LogP contribution in [0.4, 0.5) is 0 Å². The molecule has 4 nitrogen and oxygen atoms in total. The highest BCUT2D eigenvalue weighted by molar-refractivity contribution is 5.61. The fourth-order valence-electron chi connectivity index (χ4n) is 11.5. The summed E-state index contributed by atoms with van der Waals surface area (Å²) in [6.07, 6.45) is 2.47. The maximum atomic E-state index is 10.1. The Labute approximate surface area is 179 Å². The summed E-state index contributed by atoms with van der Waals surface area (Å²) in [6.45, 7) is 5.67. The minimum absolute atomic E-state index is 0.246. The van der Waals surface area contributed by atoms with Crippen molar-refractivity contribution in [2.24, 2.45) is 58.2 Å². The van der Waals surface area contributed by atoms with Gasteiger partial charge >= 0.3 is 0 Å². The number of benzene rings is 1. The Morgan fingerprint density at radius 3 is 1.57 bits per heavy atom. The molecule has 2 N–H and O–H groups in total. The van der Waals surface area contributed by atoms with E-state index in [4.69, 9.17) is 9.47 Å². The first-order valence-electron chi connectivity index (χ1n) is 11.9.